The lowest BCUT2D eigenvalue weighted by Crippen LogP contribution is -2.41. The third-order valence-electron chi connectivity index (χ3n) is 5.98. The van der Waals surface area contributed by atoms with Crippen LogP contribution < -0.4 is 5.32 Å². The predicted molar refractivity (Wildman–Crippen MR) is 117 cm³/mol. The molecule has 11 heteroatoms. The topological polar surface area (TPSA) is 114 Å². The summed E-state index contributed by atoms with van der Waals surface area (Å²) >= 11 is 1.23. The number of aromatic nitrogens is 3. The molecule has 9 nitrogen and oxygen atoms in total. The number of thiazole rings is 1. The van der Waals surface area contributed by atoms with E-state index in [0.717, 1.165) is 5.69 Å². The van der Waals surface area contributed by atoms with Gasteiger partial charge in [-0.05, 0) is 31.6 Å². The fourth-order valence-corrected chi connectivity index (χ4v) is 6.54. The highest BCUT2D eigenvalue weighted by Crippen LogP contribution is 2.38. The quantitative estimate of drug-likeness (QED) is 0.741. The predicted octanol–water partition coefficient (Wildman–Crippen LogP) is 2.38. The lowest BCUT2D eigenvalue weighted by molar-refractivity contribution is -0.120. The van der Waals surface area contributed by atoms with Crippen molar-refractivity contribution in [2.24, 2.45) is 18.4 Å². The lowest BCUT2D eigenvalue weighted by Gasteiger charge is -2.29. The number of Topliss-reactive ketones (excluding diaryl/α,β-unsaturated/α-hetero) is 1. The number of nitrogens with zero attached hydrogens (tertiary/aromatic N) is 4. The van der Waals surface area contributed by atoms with Crippen LogP contribution in [-0.2, 0) is 28.3 Å². The van der Waals surface area contributed by atoms with E-state index in [-0.39, 0.29) is 41.1 Å². The van der Waals surface area contributed by atoms with E-state index in [1.54, 1.807) is 18.5 Å². The minimum absolute atomic E-state index is 0.0383. The van der Waals surface area contributed by atoms with Gasteiger partial charge in [0.1, 0.15) is 5.82 Å². The molecule has 1 aliphatic carbocycles. The molecule has 1 aliphatic heterocycles. The Morgan fingerprint density at radius 3 is 2.52 bits per heavy atom. The number of carbonyl (C=O) groups excluding carboxylic acids is 2. The van der Waals surface area contributed by atoms with Crippen molar-refractivity contribution in [2.45, 2.75) is 51.5 Å². The van der Waals surface area contributed by atoms with Crippen LogP contribution in [0.4, 0.5) is 5.13 Å². The number of rotatable bonds is 4. The highest BCUT2D eigenvalue weighted by molar-refractivity contribution is 7.89. The van der Waals surface area contributed by atoms with Crippen molar-refractivity contribution in [1.82, 2.24) is 18.8 Å². The number of carbonyl (C=O) groups is 2. The molecular formula is C20H27N5O4S2. The number of fused-ring (bicyclic) bond motifs is 1. The number of amides is 1. The zero-order valence-electron chi connectivity index (χ0n) is 18.1. The Labute approximate surface area is 185 Å². The van der Waals surface area contributed by atoms with Crippen molar-refractivity contribution in [3.63, 3.8) is 0 Å². The Morgan fingerprint density at radius 2 is 1.90 bits per heavy atom. The van der Waals surface area contributed by atoms with Gasteiger partial charge < -0.3 is 9.88 Å². The minimum atomic E-state index is -3.67. The molecule has 0 unspecified atom stereocenters. The Balaban J connectivity index is 1.39. The first-order valence-electron chi connectivity index (χ1n) is 10.3. The SMILES string of the molecule is Cc1nc(S(=O)(=O)N2CCC(C(=O)Nc3nc4c(s3)C(=O)CC(C)(C)C4)CC2)cn1C. The van der Waals surface area contributed by atoms with Crippen LogP contribution in [0, 0.1) is 18.3 Å². The van der Waals surface area contributed by atoms with Gasteiger partial charge >= 0.3 is 0 Å². The molecule has 31 heavy (non-hydrogen) atoms. The van der Waals surface area contributed by atoms with Crippen LogP contribution in [0.3, 0.4) is 0 Å². The summed E-state index contributed by atoms with van der Waals surface area (Å²) in [5, 5.41) is 3.33. The van der Waals surface area contributed by atoms with E-state index in [1.807, 2.05) is 13.8 Å². The molecule has 0 bridgehead atoms. The standard InChI is InChI=1S/C20H27N5O4S2/c1-12-21-16(11-24(12)4)31(28,29)25-7-5-13(6-8-25)18(27)23-19-22-14-9-20(2,3)10-15(26)17(14)30-19/h11,13H,5-10H2,1-4H3,(H,22,23,27). The number of hydrogen-bond donors (Lipinski definition) is 1. The van der Waals surface area contributed by atoms with Crippen molar-refractivity contribution in [3.8, 4) is 0 Å². The maximum absolute atomic E-state index is 12.8. The van der Waals surface area contributed by atoms with Gasteiger partial charge in [0.25, 0.3) is 10.0 Å². The average Bonchev–Trinajstić information content (AvgIpc) is 3.24. The van der Waals surface area contributed by atoms with Crippen LogP contribution in [0.5, 0.6) is 0 Å². The molecule has 1 saturated heterocycles. The highest BCUT2D eigenvalue weighted by atomic mass is 32.2. The molecule has 2 aromatic heterocycles. The number of anilines is 1. The number of nitrogens with one attached hydrogen (secondary N) is 1. The molecule has 0 atom stereocenters. The first kappa shape index (κ1) is 22.1. The highest BCUT2D eigenvalue weighted by Gasteiger charge is 2.36. The molecule has 1 fully saturated rings. The fourth-order valence-electron chi connectivity index (χ4n) is 4.12. The maximum atomic E-state index is 12.8. The largest absolute Gasteiger partial charge is 0.337 e. The van der Waals surface area contributed by atoms with E-state index in [1.165, 1.54) is 21.8 Å². The molecule has 2 aromatic rings. The zero-order chi connectivity index (χ0) is 22.6. The van der Waals surface area contributed by atoms with Crippen molar-refractivity contribution in [2.75, 3.05) is 18.4 Å². The summed E-state index contributed by atoms with van der Waals surface area (Å²) in [7, 11) is -1.92. The second-order valence-corrected chi connectivity index (χ2v) is 12.0. The van der Waals surface area contributed by atoms with E-state index >= 15 is 0 Å². The van der Waals surface area contributed by atoms with Gasteiger partial charge in [0.15, 0.2) is 15.9 Å². The van der Waals surface area contributed by atoms with Gasteiger partial charge in [-0.25, -0.2) is 18.4 Å². The molecule has 3 heterocycles. The Kier molecular flexibility index (Phi) is 5.55. The van der Waals surface area contributed by atoms with Gasteiger partial charge in [0.05, 0.1) is 10.6 Å². The summed E-state index contributed by atoms with van der Waals surface area (Å²) in [6.07, 6.45) is 3.56. The second kappa shape index (κ2) is 7.79. The van der Waals surface area contributed by atoms with Crippen LogP contribution in [0.1, 0.15) is 54.3 Å². The minimum Gasteiger partial charge on any atom is -0.337 e. The third kappa shape index (κ3) is 4.31. The Bertz CT molecular complexity index is 1120. The summed E-state index contributed by atoms with van der Waals surface area (Å²) in [6.45, 7) is 6.36. The second-order valence-electron chi connectivity index (χ2n) is 9.14. The van der Waals surface area contributed by atoms with Gasteiger partial charge in [0, 0.05) is 38.7 Å². The van der Waals surface area contributed by atoms with Gasteiger partial charge in [-0.2, -0.15) is 4.31 Å². The molecule has 0 aromatic carbocycles. The number of imidazole rings is 1. The van der Waals surface area contributed by atoms with Crippen LogP contribution >= 0.6 is 11.3 Å². The maximum Gasteiger partial charge on any atom is 0.262 e. The summed E-state index contributed by atoms with van der Waals surface area (Å²) < 4.78 is 28.7. The average molecular weight is 466 g/mol. The number of aryl methyl sites for hydroxylation is 2. The summed E-state index contributed by atoms with van der Waals surface area (Å²) in [5.74, 6) is 0.224. The molecule has 1 amide bonds. The van der Waals surface area contributed by atoms with Crippen molar-refractivity contribution < 1.29 is 18.0 Å². The van der Waals surface area contributed by atoms with E-state index in [4.69, 9.17) is 0 Å². The zero-order valence-corrected chi connectivity index (χ0v) is 19.8. The van der Waals surface area contributed by atoms with Crippen LogP contribution in [0.25, 0.3) is 0 Å². The number of sulfonamides is 1. The lowest BCUT2D eigenvalue weighted by atomic mass is 9.78. The Hall–Kier alpha value is -2.11. The van der Waals surface area contributed by atoms with E-state index < -0.39 is 10.0 Å². The fraction of sp³-hybridized carbons (Fsp3) is 0.600. The monoisotopic (exact) mass is 465 g/mol. The number of hydrogen-bond acceptors (Lipinski definition) is 7. The molecule has 1 N–H and O–H groups in total. The normalized spacial score (nSPS) is 19.9. The molecule has 4 rings (SSSR count). The van der Waals surface area contributed by atoms with Gasteiger partial charge in [-0.1, -0.05) is 25.2 Å². The van der Waals surface area contributed by atoms with Crippen molar-refractivity contribution in [1.29, 1.82) is 0 Å². The van der Waals surface area contributed by atoms with Crippen LogP contribution in [-0.4, -0.2) is 52.0 Å². The third-order valence-corrected chi connectivity index (χ3v) is 8.81. The molecule has 0 spiro atoms. The van der Waals surface area contributed by atoms with Crippen LogP contribution in [0.15, 0.2) is 11.2 Å². The van der Waals surface area contributed by atoms with Crippen molar-refractivity contribution >= 4 is 38.2 Å². The number of piperidine rings is 1. The first-order chi connectivity index (χ1) is 14.5. The van der Waals surface area contributed by atoms with E-state index in [9.17, 15) is 18.0 Å². The molecule has 2 aliphatic rings. The summed E-state index contributed by atoms with van der Waals surface area (Å²) in [6, 6.07) is 0. The number of ketones is 1. The molecule has 168 valence electrons. The molecule has 0 saturated carbocycles. The summed E-state index contributed by atoms with van der Waals surface area (Å²) in [5.41, 5.74) is 0.636. The van der Waals surface area contributed by atoms with E-state index in [2.05, 4.69) is 15.3 Å². The first-order valence-corrected chi connectivity index (χ1v) is 12.6. The molecule has 0 radical (unpaired) electrons. The van der Waals surface area contributed by atoms with Crippen molar-refractivity contribution in [3.05, 3.63) is 22.6 Å². The Morgan fingerprint density at radius 1 is 1.23 bits per heavy atom. The summed E-state index contributed by atoms with van der Waals surface area (Å²) in [4.78, 5) is 34.4. The van der Waals surface area contributed by atoms with Gasteiger partial charge in [0.2, 0.25) is 5.91 Å². The van der Waals surface area contributed by atoms with Crippen LogP contribution in [0.2, 0.25) is 0 Å². The van der Waals surface area contributed by atoms with Gasteiger partial charge in [-0.15, -0.1) is 0 Å². The van der Waals surface area contributed by atoms with E-state index in [0.29, 0.717) is 41.5 Å². The smallest absolute Gasteiger partial charge is 0.262 e. The molecular weight excluding hydrogens is 438 g/mol. The van der Waals surface area contributed by atoms with Gasteiger partial charge in [-0.3, -0.25) is 9.59 Å².